The number of aryl methyl sites for hydroxylation is 1. The van der Waals surface area contributed by atoms with Crippen LogP contribution < -0.4 is 4.74 Å². The summed E-state index contributed by atoms with van der Waals surface area (Å²) in [5.41, 5.74) is 3.16. The lowest BCUT2D eigenvalue weighted by Gasteiger charge is -2.08. The molecule has 0 radical (unpaired) electrons. The highest BCUT2D eigenvalue weighted by Gasteiger charge is 2.24. The van der Waals surface area contributed by atoms with Gasteiger partial charge in [0.05, 0.1) is 0 Å². The third kappa shape index (κ3) is 1.17. The van der Waals surface area contributed by atoms with Gasteiger partial charge in [0.1, 0.15) is 17.6 Å². The quantitative estimate of drug-likeness (QED) is 0.660. The zero-order valence-electron chi connectivity index (χ0n) is 8.22. The van der Waals surface area contributed by atoms with Crippen molar-refractivity contribution >= 4 is 0 Å². The molecule has 1 heterocycles. The summed E-state index contributed by atoms with van der Waals surface area (Å²) in [5, 5.41) is 9.59. The first-order chi connectivity index (χ1) is 6.09. The van der Waals surface area contributed by atoms with Crippen molar-refractivity contribution in [3.05, 3.63) is 22.8 Å². The SMILES string of the molecule is Cc1cc(O)c(C)c2c1O[C@H](C)C2. The Morgan fingerprint density at radius 2 is 2.15 bits per heavy atom. The molecule has 1 aromatic carbocycles. The van der Waals surface area contributed by atoms with Gasteiger partial charge in [-0.25, -0.2) is 0 Å². The topological polar surface area (TPSA) is 29.5 Å². The highest BCUT2D eigenvalue weighted by atomic mass is 16.5. The van der Waals surface area contributed by atoms with Crippen LogP contribution in [0.1, 0.15) is 23.6 Å². The van der Waals surface area contributed by atoms with E-state index in [0.717, 1.165) is 23.3 Å². The minimum absolute atomic E-state index is 0.245. The number of aromatic hydroxyl groups is 1. The Labute approximate surface area is 78.2 Å². The van der Waals surface area contributed by atoms with Gasteiger partial charge in [-0.05, 0) is 38.0 Å². The second-order valence-electron chi connectivity index (χ2n) is 3.78. The molecule has 0 unspecified atom stereocenters. The molecule has 1 aromatic rings. The maximum Gasteiger partial charge on any atom is 0.126 e. The largest absolute Gasteiger partial charge is 0.508 e. The summed E-state index contributed by atoms with van der Waals surface area (Å²) in [6.07, 6.45) is 1.16. The van der Waals surface area contributed by atoms with E-state index in [4.69, 9.17) is 4.74 Å². The Kier molecular flexibility index (Phi) is 1.72. The molecule has 1 aliphatic heterocycles. The Bertz CT molecular complexity index is 356. The van der Waals surface area contributed by atoms with Gasteiger partial charge in [0.15, 0.2) is 0 Å². The van der Waals surface area contributed by atoms with Gasteiger partial charge < -0.3 is 9.84 Å². The Hall–Kier alpha value is -1.18. The zero-order chi connectivity index (χ0) is 9.59. The molecule has 0 saturated heterocycles. The van der Waals surface area contributed by atoms with Crippen LogP contribution >= 0.6 is 0 Å². The highest BCUT2D eigenvalue weighted by Crippen LogP contribution is 2.38. The number of fused-ring (bicyclic) bond motifs is 1. The minimum atomic E-state index is 0.245. The lowest BCUT2D eigenvalue weighted by atomic mass is 10.0. The minimum Gasteiger partial charge on any atom is -0.508 e. The Balaban J connectivity index is 2.62. The van der Waals surface area contributed by atoms with E-state index < -0.39 is 0 Å². The molecule has 0 amide bonds. The second-order valence-corrected chi connectivity index (χ2v) is 3.78. The van der Waals surface area contributed by atoms with E-state index in [-0.39, 0.29) is 6.10 Å². The van der Waals surface area contributed by atoms with E-state index >= 15 is 0 Å². The van der Waals surface area contributed by atoms with E-state index in [9.17, 15) is 5.11 Å². The van der Waals surface area contributed by atoms with Crippen LogP contribution in [0.2, 0.25) is 0 Å². The van der Waals surface area contributed by atoms with E-state index in [1.165, 1.54) is 5.56 Å². The molecule has 2 rings (SSSR count). The average molecular weight is 178 g/mol. The van der Waals surface area contributed by atoms with Crippen LogP contribution in [-0.2, 0) is 6.42 Å². The van der Waals surface area contributed by atoms with Gasteiger partial charge in [-0.3, -0.25) is 0 Å². The summed E-state index contributed by atoms with van der Waals surface area (Å²) >= 11 is 0. The molecular weight excluding hydrogens is 164 g/mol. The van der Waals surface area contributed by atoms with E-state index in [0.29, 0.717) is 5.75 Å². The normalized spacial score (nSPS) is 19.8. The molecule has 0 aromatic heterocycles. The number of phenols is 1. The molecule has 13 heavy (non-hydrogen) atoms. The van der Waals surface area contributed by atoms with Crippen molar-refractivity contribution in [2.24, 2.45) is 0 Å². The predicted molar refractivity (Wildman–Crippen MR) is 51.4 cm³/mol. The lowest BCUT2D eigenvalue weighted by Crippen LogP contribution is -2.05. The number of benzene rings is 1. The monoisotopic (exact) mass is 178 g/mol. The predicted octanol–water partition coefficient (Wildman–Crippen LogP) is 2.33. The molecule has 0 spiro atoms. The number of ether oxygens (including phenoxy) is 1. The fourth-order valence-electron chi connectivity index (χ4n) is 1.88. The van der Waals surface area contributed by atoms with Crippen molar-refractivity contribution in [3.8, 4) is 11.5 Å². The number of hydrogen-bond acceptors (Lipinski definition) is 2. The molecule has 0 saturated carbocycles. The summed E-state index contributed by atoms with van der Waals surface area (Å²) in [6, 6.07) is 1.77. The molecule has 1 aliphatic rings. The molecule has 1 N–H and O–H groups in total. The fourth-order valence-corrected chi connectivity index (χ4v) is 1.88. The molecule has 0 fully saturated rings. The molecule has 70 valence electrons. The average Bonchev–Trinajstić information content (AvgIpc) is 2.44. The van der Waals surface area contributed by atoms with E-state index in [1.807, 2.05) is 13.8 Å². The maximum atomic E-state index is 9.59. The summed E-state index contributed by atoms with van der Waals surface area (Å²) in [7, 11) is 0. The number of rotatable bonds is 0. The second kappa shape index (κ2) is 2.66. The van der Waals surface area contributed by atoms with Crippen LogP contribution in [0.4, 0.5) is 0 Å². The molecule has 0 aliphatic carbocycles. The van der Waals surface area contributed by atoms with Crippen molar-refractivity contribution in [2.75, 3.05) is 0 Å². The van der Waals surface area contributed by atoms with Gasteiger partial charge in [-0.15, -0.1) is 0 Å². The van der Waals surface area contributed by atoms with E-state index in [2.05, 4.69) is 6.92 Å². The van der Waals surface area contributed by atoms with Gasteiger partial charge in [0, 0.05) is 12.0 Å². The third-order valence-electron chi connectivity index (χ3n) is 2.63. The first-order valence-corrected chi connectivity index (χ1v) is 4.58. The number of hydrogen-bond donors (Lipinski definition) is 1. The molecular formula is C11H14O2. The first kappa shape index (κ1) is 8.42. The van der Waals surface area contributed by atoms with Crippen LogP contribution in [0.25, 0.3) is 0 Å². The molecule has 0 bridgehead atoms. The van der Waals surface area contributed by atoms with Crippen LogP contribution in [0, 0.1) is 13.8 Å². The highest BCUT2D eigenvalue weighted by molar-refractivity contribution is 5.54. The summed E-state index contributed by atoms with van der Waals surface area (Å²) < 4.78 is 5.66. The van der Waals surface area contributed by atoms with Crippen molar-refractivity contribution in [1.29, 1.82) is 0 Å². The summed E-state index contributed by atoms with van der Waals surface area (Å²) in [6.45, 7) is 5.96. The molecule has 2 heteroatoms. The standard InChI is InChI=1S/C11H14O2/c1-6-4-10(12)8(3)9-5-7(2)13-11(6)9/h4,7,12H,5H2,1-3H3/t7-/m1/s1. The third-order valence-corrected chi connectivity index (χ3v) is 2.63. The summed E-state index contributed by atoms with van der Waals surface area (Å²) in [5.74, 6) is 1.36. The Morgan fingerprint density at radius 3 is 2.85 bits per heavy atom. The molecule has 2 nitrogen and oxygen atoms in total. The van der Waals surface area contributed by atoms with Crippen LogP contribution in [0.5, 0.6) is 11.5 Å². The van der Waals surface area contributed by atoms with Gasteiger partial charge in [0.2, 0.25) is 0 Å². The zero-order valence-corrected chi connectivity index (χ0v) is 8.22. The Morgan fingerprint density at radius 1 is 1.46 bits per heavy atom. The van der Waals surface area contributed by atoms with Crippen LogP contribution in [-0.4, -0.2) is 11.2 Å². The van der Waals surface area contributed by atoms with Gasteiger partial charge >= 0.3 is 0 Å². The maximum absolute atomic E-state index is 9.59. The first-order valence-electron chi connectivity index (χ1n) is 4.58. The van der Waals surface area contributed by atoms with E-state index in [1.54, 1.807) is 6.07 Å². The van der Waals surface area contributed by atoms with Gasteiger partial charge in [-0.2, -0.15) is 0 Å². The van der Waals surface area contributed by atoms with Crippen LogP contribution in [0.3, 0.4) is 0 Å². The van der Waals surface area contributed by atoms with Crippen molar-refractivity contribution < 1.29 is 9.84 Å². The molecule has 1 atom stereocenters. The smallest absolute Gasteiger partial charge is 0.126 e. The van der Waals surface area contributed by atoms with Crippen molar-refractivity contribution in [2.45, 2.75) is 33.3 Å². The van der Waals surface area contributed by atoms with Gasteiger partial charge in [-0.1, -0.05) is 0 Å². The van der Waals surface area contributed by atoms with Crippen molar-refractivity contribution in [1.82, 2.24) is 0 Å². The lowest BCUT2D eigenvalue weighted by molar-refractivity contribution is 0.253. The van der Waals surface area contributed by atoms with Gasteiger partial charge in [0.25, 0.3) is 0 Å². The van der Waals surface area contributed by atoms with Crippen molar-refractivity contribution in [3.63, 3.8) is 0 Å². The number of phenolic OH excluding ortho intramolecular Hbond substituents is 1. The summed E-state index contributed by atoms with van der Waals surface area (Å²) in [4.78, 5) is 0. The fraction of sp³-hybridized carbons (Fsp3) is 0.455. The van der Waals surface area contributed by atoms with Crippen LogP contribution in [0.15, 0.2) is 6.07 Å².